The van der Waals surface area contributed by atoms with Crippen LogP contribution in [0.4, 0.5) is 5.69 Å². The van der Waals surface area contributed by atoms with E-state index in [-0.39, 0.29) is 5.91 Å². The SMILES string of the molecule is CCn1c(C#CCNc2ccc(Cl)cc2)cc2cc(CCC3CCN(CC(=O)N(C)C)CC3)ccc21. The third-order valence-electron chi connectivity index (χ3n) is 7.13. The number of anilines is 1. The number of hydrogen-bond donors (Lipinski definition) is 1. The van der Waals surface area contributed by atoms with E-state index < -0.39 is 0 Å². The summed E-state index contributed by atoms with van der Waals surface area (Å²) in [6, 6.07) is 16.8. The molecule has 1 aromatic heterocycles. The van der Waals surface area contributed by atoms with Gasteiger partial charge in [0.15, 0.2) is 0 Å². The number of hydrogen-bond acceptors (Lipinski definition) is 3. The maximum Gasteiger partial charge on any atom is 0.236 e. The van der Waals surface area contributed by atoms with Crippen LogP contribution in [0.5, 0.6) is 0 Å². The minimum Gasteiger partial charge on any atom is -0.374 e. The Kier molecular flexibility index (Phi) is 8.96. The highest BCUT2D eigenvalue weighted by Gasteiger charge is 2.21. The van der Waals surface area contributed by atoms with E-state index in [4.69, 9.17) is 11.6 Å². The van der Waals surface area contributed by atoms with Crippen LogP contribution in [-0.2, 0) is 17.8 Å². The van der Waals surface area contributed by atoms with Gasteiger partial charge in [-0.25, -0.2) is 0 Å². The zero-order chi connectivity index (χ0) is 25.5. The zero-order valence-electron chi connectivity index (χ0n) is 21.7. The predicted octanol–water partition coefficient (Wildman–Crippen LogP) is 5.51. The minimum atomic E-state index is 0.197. The molecule has 36 heavy (non-hydrogen) atoms. The number of rotatable bonds is 8. The number of fused-ring (bicyclic) bond motifs is 1. The summed E-state index contributed by atoms with van der Waals surface area (Å²) in [5.74, 6) is 7.55. The fraction of sp³-hybridized carbons (Fsp3) is 0.433. The Labute approximate surface area is 220 Å². The van der Waals surface area contributed by atoms with Crippen LogP contribution in [0, 0.1) is 17.8 Å². The normalized spacial score (nSPS) is 14.4. The molecule has 5 nitrogen and oxygen atoms in total. The van der Waals surface area contributed by atoms with Crippen molar-refractivity contribution in [3.8, 4) is 11.8 Å². The number of carbonyl (C=O) groups is 1. The van der Waals surface area contributed by atoms with Gasteiger partial charge >= 0.3 is 0 Å². The lowest BCUT2D eigenvalue weighted by Gasteiger charge is -2.32. The van der Waals surface area contributed by atoms with Gasteiger partial charge in [0.25, 0.3) is 0 Å². The third kappa shape index (κ3) is 6.84. The molecule has 2 heterocycles. The number of aryl methyl sites for hydroxylation is 2. The molecule has 0 radical (unpaired) electrons. The van der Waals surface area contributed by atoms with Crippen LogP contribution in [0.25, 0.3) is 10.9 Å². The lowest BCUT2D eigenvalue weighted by atomic mass is 9.90. The summed E-state index contributed by atoms with van der Waals surface area (Å²) < 4.78 is 2.29. The van der Waals surface area contributed by atoms with Gasteiger partial charge in [-0.15, -0.1) is 0 Å². The van der Waals surface area contributed by atoms with E-state index in [1.165, 1.54) is 35.7 Å². The smallest absolute Gasteiger partial charge is 0.236 e. The van der Waals surface area contributed by atoms with E-state index in [0.717, 1.165) is 48.4 Å². The summed E-state index contributed by atoms with van der Waals surface area (Å²) >= 11 is 5.95. The van der Waals surface area contributed by atoms with Crippen LogP contribution < -0.4 is 5.32 Å². The van der Waals surface area contributed by atoms with E-state index in [0.29, 0.717) is 13.1 Å². The van der Waals surface area contributed by atoms with Gasteiger partial charge in [-0.2, -0.15) is 0 Å². The predicted molar refractivity (Wildman–Crippen MR) is 151 cm³/mol. The molecule has 1 N–H and O–H groups in total. The van der Waals surface area contributed by atoms with Gasteiger partial charge in [-0.3, -0.25) is 9.69 Å². The molecule has 4 rings (SSSR count). The largest absolute Gasteiger partial charge is 0.374 e. The van der Waals surface area contributed by atoms with Crippen LogP contribution in [0.15, 0.2) is 48.5 Å². The summed E-state index contributed by atoms with van der Waals surface area (Å²) in [5.41, 5.74) is 4.71. The van der Waals surface area contributed by atoms with Crippen molar-refractivity contribution >= 4 is 34.1 Å². The van der Waals surface area contributed by atoms with Crippen molar-refractivity contribution in [2.24, 2.45) is 5.92 Å². The summed E-state index contributed by atoms with van der Waals surface area (Å²) in [7, 11) is 3.66. The fourth-order valence-corrected chi connectivity index (χ4v) is 5.03. The summed E-state index contributed by atoms with van der Waals surface area (Å²) in [6.07, 6.45) is 4.66. The van der Waals surface area contributed by atoms with Crippen LogP contribution in [0.2, 0.25) is 5.02 Å². The second-order valence-electron chi connectivity index (χ2n) is 9.88. The highest BCUT2D eigenvalue weighted by Crippen LogP contribution is 2.25. The Morgan fingerprint density at radius 2 is 1.86 bits per heavy atom. The maximum atomic E-state index is 12.0. The van der Waals surface area contributed by atoms with Crippen molar-refractivity contribution in [2.45, 2.75) is 39.2 Å². The van der Waals surface area contributed by atoms with Crippen molar-refractivity contribution in [3.63, 3.8) is 0 Å². The second-order valence-corrected chi connectivity index (χ2v) is 10.3. The monoisotopic (exact) mass is 504 g/mol. The molecule has 1 amide bonds. The van der Waals surface area contributed by atoms with Crippen LogP contribution in [0.1, 0.15) is 37.4 Å². The number of nitrogens with zero attached hydrogens (tertiary/aromatic N) is 3. The Morgan fingerprint density at radius 3 is 2.56 bits per heavy atom. The molecule has 0 unspecified atom stereocenters. The van der Waals surface area contributed by atoms with E-state index in [1.807, 2.05) is 38.4 Å². The van der Waals surface area contributed by atoms with Crippen molar-refractivity contribution in [3.05, 3.63) is 64.8 Å². The average Bonchev–Trinajstić information content (AvgIpc) is 3.23. The second kappa shape index (κ2) is 12.3. The topological polar surface area (TPSA) is 40.5 Å². The first-order valence-electron chi connectivity index (χ1n) is 13.0. The van der Waals surface area contributed by atoms with Gasteiger partial charge in [0, 0.05) is 42.3 Å². The zero-order valence-corrected chi connectivity index (χ0v) is 22.4. The van der Waals surface area contributed by atoms with Gasteiger partial charge in [-0.1, -0.05) is 23.6 Å². The summed E-state index contributed by atoms with van der Waals surface area (Å²) in [6.45, 7) is 6.25. The number of piperidine rings is 1. The molecule has 2 aromatic carbocycles. The van der Waals surface area contributed by atoms with E-state index in [1.54, 1.807) is 4.90 Å². The molecule has 0 aliphatic carbocycles. The number of nitrogens with one attached hydrogen (secondary N) is 1. The molecule has 0 atom stereocenters. The molecule has 1 saturated heterocycles. The highest BCUT2D eigenvalue weighted by atomic mass is 35.5. The van der Waals surface area contributed by atoms with Gasteiger partial charge in [0.05, 0.1) is 18.8 Å². The molecule has 0 saturated carbocycles. The Morgan fingerprint density at radius 1 is 1.11 bits per heavy atom. The Hall–Kier alpha value is -2.94. The quantitative estimate of drug-likeness (QED) is 0.411. The number of carbonyl (C=O) groups excluding carboxylic acids is 1. The molecule has 1 fully saturated rings. The number of likely N-dealkylation sites (N-methyl/N-ethyl adjacent to an activating group) is 1. The molecule has 6 heteroatoms. The number of likely N-dealkylation sites (tertiary alicyclic amines) is 1. The maximum absolute atomic E-state index is 12.0. The fourth-order valence-electron chi connectivity index (χ4n) is 4.91. The van der Waals surface area contributed by atoms with Crippen molar-refractivity contribution < 1.29 is 4.79 Å². The summed E-state index contributed by atoms with van der Waals surface area (Å²) in [4.78, 5) is 15.9. The minimum absolute atomic E-state index is 0.197. The van der Waals surface area contributed by atoms with Gasteiger partial charge in [0.1, 0.15) is 0 Å². The van der Waals surface area contributed by atoms with Crippen molar-refractivity contribution in [1.82, 2.24) is 14.4 Å². The molecule has 1 aliphatic rings. The van der Waals surface area contributed by atoms with E-state index in [9.17, 15) is 4.79 Å². The molecule has 1 aliphatic heterocycles. The van der Waals surface area contributed by atoms with Crippen LogP contribution in [-0.4, -0.2) is 60.5 Å². The number of amides is 1. The third-order valence-corrected chi connectivity index (χ3v) is 7.38. The summed E-state index contributed by atoms with van der Waals surface area (Å²) in [5, 5.41) is 5.32. The Bertz CT molecular complexity index is 1230. The number of halogens is 1. The molecule has 3 aromatic rings. The first kappa shape index (κ1) is 26.1. The molecule has 190 valence electrons. The standard InChI is InChI=1S/C30H37ClN4O/c1-4-35-28(6-5-17-32-27-12-10-26(31)11-13-27)21-25-20-24(9-14-29(25)35)8-7-23-15-18-34(19-16-23)22-30(36)33(2)3/h9-14,20-21,23,32H,4,7-8,15-19,22H2,1-3H3. The molecule has 0 spiro atoms. The van der Waals surface area contributed by atoms with Crippen LogP contribution in [0.3, 0.4) is 0 Å². The first-order valence-corrected chi connectivity index (χ1v) is 13.3. The Balaban J connectivity index is 1.32. The van der Waals surface area contributed by atoms with E-state index >= 15 is 0 Å². The van der Waals surface area contributed by atoms with Gasteiger partial charge < -0.3 is 14.8 Å². The molecule has 0 bridgehead atoms. The highest BCUT2D eigenvalue weighted by molar-refractivity contribution is 6.30. The first-order chi connectivity index (χ1) is 17.4. The number of aromatic nitrogens is 1. The molecular weight excluding hydrogens is 468 g/mol. The van der Waals surface area contributed by atoms with Crippen molar-refractivity contribution in [2.75, 3.05) is 45.6 Å². The molecular formula is C30H37ClN4O. The van der Waals surface area contributed by atoms with Gasteiger partial charge in [0.2, 0.25) is 5.91 Å². The lowest BCUT2D eigenvalue weighted by molar-refractivity contribution is -0.130. The average molecular weight is 505 g/mol. The van der Waals surface area contributed by atoms with Gasteiger partial charge in [-0.05, 0) is 106 Å². The van der Waals surface area contributed by atoms with Crippen molar-refractivity contribution in [1.29, 1.82) is 0 Å². The van der Waals surface area contributed by atoms with Crippen LogP contribution >= 0.6 is 11.6 Å². The number of benzene rings is 2. The van der Waals surface area contributed by atoms with E-state index in [2.05, 4.69) is 57.8 Å². The lowest BCUT2D eigenvalue weighted by Crippen LogP contribution is -2.41.